The van der Waals surface area contributed by atoms with Gasteiger partial charge in [-0.05, 0) is 26.8 Å². The minimum atomic E-state index is -6.18. The van der Waals surface area contributed by atoms with E-state index in [9.17, 15) is 49.1 Å². The van der Waals surface area contributed by atoms with Crippen molar-refractivity contribution in [3.05, 3.63) is 29.3 Å². The number of alkyl halides is 9. The zero-order valence-corrected chi connectivity index (χ0v) is 21.6. The second-order valence-corrected chi connectivity index (χ2v) is 10.5. The molecule has 7 nitrogen and oxygen atoms in total. The molecule has 226 valence electrons. The van der Waals surface area contributed by atoms with Crippen molar-refractivity contribution in [1.29, 1.82) is 0 Å². The number of piperazine rings is 1. The van der Waals surface area contributed by atoms with E-state index in [-0.39, 0.29) is 38.0 Å². The molecule has 16 heteroatoms. The molecular formula is C24H27F9N2O5. The van der Waals surface area contributed by atoms with Crippen LogP contribution in [-0.2, 0) is 27.0 Å². The fraction of sp³-hybridized carbons (Fsp3) is 0.667. The van der Waals surface area contributed by atoms with E-state index in [4.69, 9.17) is 9.47 Å². The van der Waals surface area contributed by atoms with E-state index in [0.29, 0.717) is 4.90 Å². The average molecular weight is 594 g/mol. The first kappa shape index (κ1) is 31.6. The van der Waals surface area contributed by atoms with Gasteiger partial charge in [0, 0.05) is 51.1 Å². The molecule has 1 atom stereocenters. The predicted octanol–water partition coefficient (Wildman–Crippen LogP) is 5.71. The third-order valence-electron chi connectivity index (χ3n) is 6.10. The van der Waals surface area contributed by atoms with Crippen molar-refractivity contribution in [3.8, 4) is 5.75 Å². The van der Waals surface area contributed by atoms with Crippen LogP contribution in [0.3, 0.4) is 0 Å². The number of hydrogen-bond donors (Lipinski definition) is 0. The van der Waals surface area contributed by atoms with Gasteiger partial charge in [-0.3, -0.25) is 4.90 Å². The second kappa shape index (κ2) is 10.8. The van der Waals surface area contributed by atoms with Gasteiger partial charge in [0.05, 0.1) is 5.56 Å². The highest BCUT2D eigenvalue weighted by atomic mass is 19.4. The summed E-state index contributed by atoms with van der Waals surface area (Å²) in [4.78, 5) is 26.8. The molecule has 0 aromatic heterocycles. The molecular weight excluding hydrogens is 567 g/mol. The number of rotatable bonds is 7. The molecule has 1 saturated heterocycles. The number of benzene rings is 1. The third kappa shape index (κ3) is 7.04. The summed E-state index contributed by atoms with van der Waals surface area (Å²) >= 11 is 0. The maximum Gasteiger partial charge on any atom is 0.466 e. The number of para-hydroxylation sites is 1. The van der Waals surface area contributed by atoms with Crippen LogP contribution >= 0.6 is 0 Å². The van der Waals surface area contributed by atoms with E-state index in [0.717, 1.165) is 12.1 Å². The van der Waals surface area contributed by atoms with E-state index in [1.165, 1.54) is 11.0 Å². The molecule has 1 amide bonds. The standard InChI is InChI=1S/C24H27F9N2O5/c1-20(2,3)39-18(36)21(7-8-21)38-16-14(5-4-6-15(16)23(28,29)30)13-34-9-11-35(12-10-34)19(37)40-22(27,17(25)26)24(31,32)33/h4-6,17H,7-13H2,1-3H3. The first-order chi connectivity index (χ1) is 18.2. The van der Waals surface area contributed by atoms with Crippen molar-refractivity contribution in [2.24, 2.45) is 0 Å². The summed E-state index contributed by atoms with van der Waals surface area (Å²) in [5.74, 6) is -6.91. The van der Waals surface area contributed by atoms with Crippen LogP contribution in [0.1, 0.15) is 44.7 Å². The van der Waals surface area contributed by atoms with Crippen LogP contribution in [0.5, 0.6) is 5.75 Å². The summed E-state index contributed by atoms with van der Waals surface area (Å²) in [5.41, 5.74) is -3.63. The van der Waals surface area contributed by atoms with Crippen LogP contribution in [0.15, 0.2) is 18.2 Å². The van der Waals surface area contributed by atoms with Gasteiger partial charge in [0.2, 0.25) is 5.60 Å². The van der Waals surface area contributed by atoms with Crippen molar-refractivity contribution in [2.75, 3.05) is 26.2 Å². The first-order valence-corrected chi connectivity index (χ1v) is 12.0. The van der Waals surface area contributed by atoms with E-state index in [1.807, 2.05) is 0 Å². The molecule has 0 bridgehead atoms. The molecule has 40 heavy (non-hydrogen) atoms. The van der Waals surface area contributed by atoms with Gasteiger partial charge in [-0.25, -0.2) is 18.4 Å². The van der Waals surface area contributed by atoms with Gasteiger partial charge in [-0.1, -0.05) is 12.1 Å². The topological polar surface area (TPSA) is 68.3 Å². The largest absolute Gasteiger partial charge is 0.475 e. The summed E-state index contributed by atoms with van der Waals surface area (Å²) in [6.07, 6.45) is -17.4. The summed E-state index contributed by atoms with van der Waals surface area (Å²) in [6.45, 7) is 3.52. The van der Waals surface area contributed by atoms with Crippen LogP contribution in [0.25, 0.3) is 0 Å². The molecule has 1 aromatic carbocycles. The molecule has 0 N–H and O–H groups in total. The number of ether oxygens (including phenoxy) is 3. The molecule has 0 spiro atoms. The van der Waals surface area contributed by atoms with Crippen LogP contribution < -0.4 is 4.74 Å². The van der Waals surface area contributed by atoms with Gasteiger partial charge in [-0.2, -0.15) is 30.7 Å². The Morgan fingerprint density at radius 1 is 0.925 bits per heavy atom. The van der Waals surface area contributed by atoms with Crippen molar-refractivity contribution in [2.45, 2.75) is 76.0 Å². The molecule has 1 heterocycles. The van der Waals surface area contributed by atoms with Crippen molar-refractivity contribution >= 4 is 12.1 Å². The lowest BCUT2D eigenvalue weighted by Gasteiger charge is -2.36. The van der Waals surface area contributed by atoms with Crippen LogP contribution in [0.4, 0.5) is 44.3 Å². The Hall–Kier alpha value is -2.91. The molecule has 2 fully saturated rings. The number of esters is 1. The van der Waals surface area contributed by atoms with Crippen LogP contribution in [0.2, 0.25) is 0 Å². The SMILES string of the molecule is CC(C)(C)OC(=O)C1(Oc2c(CN3CCN(C(=O)OC(F)(C(F)F)C(F)(F)F)CC3)cccc2C(F)(F)F)CC1. The van der Waals surface area contributed by atoms with E-state index >= 15 is 0 Å². The summed E-state index contributed by atoms with van der Waals surface area (Å²) in [5, 5.41) is 0. The van der Waals surface area contributed by atoms with Gasteiger partial charge in [-0.15, -0.1) is 0 Å². The predicted molar refractivity (Wildman–Crippen MR) is 119 cm³/mol. The Kier molecular flexibility index (Phi) is 8.55. The lowest BCUT2D eigenvalue weighted by Crippen LogP contribution is -2.55. The lowest BCUT2D eigenvalue weighted by molar-refractivity contribution is -0.351. The Balaban J connectivity index is 1.74. The average Bonchev–Trinajstić information content (AvgIpc) is 3.58. The Morgan fingerprint density at radius 3 is 1.95 bits per heavy atom. The maximum absolute atomic E-state index is 13.9. The Labute approximate surface area is 223 Å². The monoisotopic (exact) mass is 594 g/mol. The number of nitrogens with zero attached hydrogens (tertiary/aromatic N) is 2. The van der Waals surface area contributed by atoms with E-state index < -0.39 is 72.3 Å². The van der Waals surface area contributed by atoms with Gasteiger partial charge in [0.1, 0.15) is 11.4 Å². The summed E-state index contributed by atoms with van der Waals surface area (Å²) < 4.78 is 133. The maximum atomic E-state index is 13.9. The molecule has 1 saturated carbocycles. The highest BCUT2D eigenvalue weighted by Crippen LogP contribution is 2.47. The molecule has 1 aliphatic carbocycles. The van der Waals surface area contributed by atoms with Crippen molar-refractivity contribution in [3.63, 3.8) is 0 Å². The van der Waals surface area contributed by atoms with E-state index in [1.54, 1.807) is 20.8 Å². The van der Waals surface area contributed by atoms with Gasteiger partial charge >= 0.3 is 36.7 Å². The highest BCUT2D eigenvalue weighted by molar-refractivity contribution is 5.84. The molecule has 1 unspecified atom stereocenters. The molecule has 0 radical (unpaired) electrons. The van der Waals surface area contributed by atoms with Crippen LogP contribution in [-0.4, -0.2) is 77.7 Å². The van der Waals surface area contributed by atoms with Gasteiger partial charge in [0.25, 0.3) is 0 Å². The summed E-state index contributed by atoms with van der Waals surface area (Å²) in [7, 11) is 0. The van der Waals surface area contributed by atoms with Crippen molar-refractivity contribution < 1.29 is 63.3 Å². The normalized spacial score (nSPS) is 19.7. The van der Waals surface area contributed by atoms with Gasteiger partial charge < -0.3 is 19.1 Å². The summed E-state index contributed by atoms with van der Waals surface area (Å²) in [6, 6.07) is 3.25. The quantitative estimate of drug-likeness (QED) is 0.298. The fourth-order valence-corrected chi connectivity index (χ4v) is 3.83. The number of hydrogen-bond acceptors (Lipinski definition) is 6. The lowest BCUT2D eigenvalue weighted by atomic mass is 10.1. The second-order valence-electron chi connectivity index (χ2n) is 10.5. The zero-order valence-electron chi connectivity index (χ0n) is 21.6. The van der Waals surface area contributed by atoms with Crippen LogP contribution in [0, 0.1) is 0 Å². The Morgan fingerprint density at radius 2 is 1.50 bits per heavy atom. The molecule has 1 aliphatic heterocycles. The van der Waals surface area contributed by atoms with E-state index in [2.05, 4.69) is 4.74 Å². The smallest absolute Gasteiger partial charge is 0.466 e. The minimum Gasteiger partial charge on any atom is -0.475 e. The number of halogens is 9. The number of carbonyl (C=O) groups is 2. The van der Waals surface area contributed by atoms with Gasteiger partial charge in [0.15, 0.2) is 0 Å². The van der Waals surface area contributed by atoms with Crippen molar-refractivity contribution in [1.82, 2.24) is 9.80 Å². The zero-order chi connectivity index (χ0) is 30.3. The fourth-order valence-electron chi connectivity index (χ4n) is 3.83. The first-order valence-electron chi connectivity index (χ1n) is 12.0. The minimum absolute atomic E-state index is 0.0261. The third-order valence-corrected chi connectivity index (χ3v) is 6.10. The highest BCUT2D eigenvalue weighted by Gasteiger charge is 2.67. The molecule has 1 aromatic rings. The Bertz CT molecular complexity index is 1090. The molecule has 3 rings (SSSR count). The molecule has 2 aliphatic rings. The number of amides is 1. The number of carbonyl (C=O) groups excluding carboxylic acids is 2.